The van der Waals surface area contributed by atoms with Gasteiger partial charge in [0.05, 0.1) is 18.4 Å². The quantitative estimate of drug-likeness (QED) is 0.795. The SMILES string of the molecule is COCc1cc(N2CCN(Cc3ccccc3)C(C#N)C2)nc(C(C)(C)C)n1. The predicted octanol–water partition coefficient (Wildman–Crippen LogP) is 3.13. The number of ether oxygens (including phenoxy) is 1. The van der Waals surface area contributed by atoms with Crippen LogP contribution < -0.4 is 4.90 Å². The summed E-state index contributed by atoms with van der Waals surface area (Å²) in [6.07, 6.45) is 0. The fraction of sp³-hybridized carbons (Fsp3) is 0.500. The molecule has 2 aromatic rings. The number of piperazine rings is 1. The van der Waals surface area contributed by atoms with Gasteiger partial charge in [0.25, 0.3) is 0 Å². The molecule has 1 aromatic carbocycles. The summed E-state index contributed by atoms with van der Waals surface area (Å²) in [5.41, 5.74) is 1.95. The van der Waals surface area contributed by atoms with Crippen molar-refractivity contribution in [2.24, 2.45) is 0 Å². The number of hydrogen-bond donors (Lipinski definition) is 0. The molecule has 1 aliphatic heterocycles. The minimum Gasteiger partial charge on any atom is -0.378 e. The van der Waals surface area contributed by atoms with Crippen LogP contribution in [0.3, 0.4) is 0 Å². The molecule has 1 unspecified atom stereocenters. The van der Waals surface area contributed by atoms with Crippen molar-refractivity contribution in [3.05, 3.63) is 53.5 Å². The van der Waals surface area contributed by atoms with E-state index < -0.39 is 0 Å². The van der Waals surface area contributed by atoms with E-state index in [2.05, 4.69) is 53.8 Å². The van der Waals surface area contributed by atoms with Crippen molar-refractivity contribution in [1.29, 1.82) is 5.26 Å². The molecule has 1 fully saturated rings. The highest BCUT2D eigenvalue weighted by atomic mass is 16.5. The number of hydrogen-bond acceptors (Lipinski definition) is 6. The Kier molecular flexibility index (Phi) is 6.28. The summed E-state index contributed by atoms with van der Waals surface area (Å²) in [6.45, 7) is 9.86. The topological polar surface area (TPSA) is 65.3 Å². The lowest BCUT2D eigenvalue weighted by Gasteiger charge is -2.39. The van der Waals surface area contributed by atoms with Crippen molar-refractivity contribution in [2.75, 3.05) is 31.6 Å². The normalized spacial score (nSPS) is 18.1. The lowest BCUT2D eigenvalue weighted by atomic mass is 9.95. The maximum Gasteiger partial charge on any atom is 0.136 e. The molecule has 0 amide bonds. The molecule has 0 spiro atoms. The van der Waals surface area contributed by atoms with Gasteiger partial charge in [-0.25, -0.2) is 9.97 Å². The maximum absolute atomic E-state index is 9.76. The molecule has 1 aliphatic rings. The molecule has 0 N–H and O–H groups in total. The van der Waals surface area contributed by atoms with E-state index in [1.54, 1.807) is 7.11 Å². The molecule has 148 valence electrons. The lowest BCUT2D eigenvalue weighted by molar-refractivity contribution is 0.180. The highest BCUT2D eigenvalue weighted by Crippen LogP contribution is 2.24. The third-order valence-corrected chi connectivity index (χ3v) is 4.92. The smallest absolute Gasteiger partial charge is 0.136 e. The Morgan fingerprint density at radius 2 is 1.93 bits per heavy atom. The van der Waals surface area contributed by atoms with Crippen LogP contribution in [0.1, 0.15) is 37.9 Å². The summed E-state index contributed by atoms with van der Waals surface area (Å²) < 4.78 is 5.29. The minimum atomic E-state index is -0.173. The van der Waals surface area contributed by atoms with E-state index in [0.29, 0.717) is 13.2 Å². The predicted molar refractivity (Wildman–Crippen MR) is 110 cm³/mol. The van der Waals surface area contributed by atoms with Crippen LogP contribution in [0.2, 0.25) is 0 Å². The van der Waals surface area contributed by atoms with Crippen molar-refractivity contribution in [2.45, 2.75) is 45.4 Å². The summed E-state index contributed by atoms with van der Waals surface area (Å²) in [4.78, 5) is 13.9. The zero-order valence-corrected chi connectivity index (χ0v) is 17.2. The van der Waals surface area contributed by atoms with Crippen molar-refractivity contribution >= 4 is 5.82 Å². The number of benzene rings is 1. The molecule has 6 nitrogen and oxygen atoms in total. The summed E-state index contributed by atoms with van der Waals surface area (Å²) in [5, 5.41) is 9.76. The number of anilines is 1. The largest absolute Gasteiger partial charge is 0.378 e. The van der Waals surface area contributed by atoms with Gasteiger partial charge in [0.1, 0.15) is 17.7 Å². The molecule has 28 heavy (non-hydrogen) atoms. The first-order valence-corrected chi connectivity index (χ1v) is 9.70. The first-order chi connectivity index (χ1) is 13.4. The van der Waals surface area contributed by atoms with Crippen LogP contribution in [-0.4, -0.2) is 47.7 Å². The number of aromatic nitrogens is 2. The Balaban J connectivity index is 1.80. The monoisotopic (exact) mass is 379 g/mol. The van der Waals surface area contributed by atoms with Crippen LogP contribution in [0.5, 0.6) is 0 Å². The van der Waals surface area contributed by atoms with E-state index in [1.165, 1.54) is 5.56 Å². The zero-order chi connectivity index (χ0) is 20.1. The molecular formula is C22H29N5O. The van der Waals surface area contributed by atoms with E-state index in [4.69, 9.17) is 9.72 Å². The van der Waals surface area contributed by atoms with E-state index in [0.717, 1.165) is 37.0 Å². The Bertz CT molecular complexity index is 825. The van der Waals surface area contributed by atoms with Crippen LogP contribution in [0.25, 0.3) is 0 Å². The first kappa shape index (κ1) is 20.2. The first-order valence-electron chi connectivity index (χ1n) is 9.70. The molecule has 0 radical (unpaired) electrons. The molecular weight excluding hydrogens is 350 g/mol. The van der Waals surface area contributed by atoms with Gasteiger partial charge in [0.2, 0.25) is 0 Å². The standard InChI is InChI=1S/C22H29N5O/c1-22(2,3)21-24-18(16-28-4)12-20(25-21)27-11-10-26(19(13-23)15-27)14-17-8-6-5-7-9-17/h5-9,12,19H,10-11,14-16H2,1-4H3. The fourth-order valence-corrected chi connectivity index (χ4v) is 3.36. The van der Waals surface area contributed by atoms with Crippen LogP contribution in [0.15, 0.2) is 36.4 Å². The molecule has 2 heterocycles. The number of nitriles is 1. The maximum atomic E-state index is 9.76. The van der Waals surface area contributed by atoms with E-state index in [-0.39, 0.29) is 11.5 Å². The van der Waals surface area contributed by atoms with Crippen LogP contribution in [-0.2, 0) is 23.3 Å². The second-order valence-corrected chi connectivity index (χ2v) is 8.27. The number of nitrogens with zero attached hydrogens (tertiary/aromatic N) is 5. The van der Waals surface area contributed by atoms with Crippen LogP contribution >= 0.6 is 0 Å². The van der Waals surface area contributed by atoms with E-state index in [1.807, 2.05) is 24.3 Å². The molecule has 0 saturated carbocycles. The highest BCUT2D eigenvalue weighted by Gasteiger charge is 2.29. The van der Waals surface area contributed by atoms with Gasteiger partial charge in [-0.3, -0.25) is 4.90 Å². The van der Waals surface area contributed by atoms with Crippen molar-refractivity contribution in [3.63, 3.8) is 0 Å². The van der Waals surface area contributed by atoms with Gasteiger partial charge in [-0.05, 0) is 5.56 Å². The molecule has 0 aliphatic carbocycles. The van der Waals surface area contributed by atoms with E-state index >= 15 is 0 Å². The average molecular weight is 380 g/mol. The Labute approximate surface area is 167 Å². The molecule has 1 saturated heterocycles. The van der Waals surface area contributed by atoms with E-state index in [9.17, 15) is 5.26 Å². The van der Waals surface area contributed by atoms with Gasteiger partial charge in [-0.2, -0.15) is 5.26 Å². The van der Waals surface area contributed by atoms with Gasteiger partial charge >= 0.3 is 0 Å². The van der Waals surface area contributed by atoms with Gasteiger partial charge < -0.3 is 9.64 Å². The zero-order valence-electron chi connectivity index (χ0n) is 17.2. The second kappa shape index (κ2) is 8.68. The highest BCUT2D eigenvalue weighted by molar-refractivity contribution is 5.42. The minimum absolute atomic E-state index is 0.151. The van der Waals surface area contributed by atoms with Gasteiger partial charge in [-0.1, -0.05) is 51.1 Å². The molecule has 0 bridgehead atoms. The molecule has 6 heteroatoms. The molecule has 3 rings (SSSR count). The summed E-state index contributed by atoms with van der Waals surface area (Å²) in [7, 11) is 1.67. The Morgan fingerprint density at radius 3 is 2.57 bits per heavy atom. The third-order valence-electron chi connectivity index (χ3n) is 4.92. The number of methoxy groups -OCH3 is 1. The van der Waals surface area contributed by atoms with Crippen molar-refractivity contribution in [3.8, 4) is 6.07 Å². The summed E-state index contributed by atoms with van der Waals surface area (Å²) in [5.74, 6) is 1.68. The fourth-order valence-electron chi connectivity index (χ4n) is 3.36. The lowest BCUT2D eigenvalue weighted by Crippen LogP contribution is -2.52. The summed E-state index contributed by atoms with van der Waals surface area (Å²) >= 11 is 0. The summed E-state index contributed by atoms with van der Waals surface area (Å²) in [6, 6.07) is 14.6. The molecule has 1 aromatic heterocycles. The number of rotatable bonds is 5. The van der Waals surface area contributed by atoms with Gasteiger partial charge in [0, 0.05) is 44.8 Å². The Morgan fingerprint density at radius 1 is 1.18 bits per heavy atom. The second-order valence-electron chi connectivity index (χ2n) is 8.27. The molecule has 1 atom stereocenters. The van der Waals surface area contributed by atoms with Crippen molar-refractivity contribution in [1.82, 2.24) is 14.9 Å². The van der Waals surface area contributed by atoms with Gasteiger partial charge in [-0.15, -0.1) is 0 Å². The third kappa shape index (κ3) is 4.86. The van der Waals surface area contributed by atoms with Gasteiger partial charge in [0.15, 0.2) is 0 Å². The van der Waals surface area contributed by atoms with Crippen molar-refractivity contribution < 1.29 is 4.74 Å². The Hall–Kier alpha value is -2.49. The average Bonchev–Trinajstić information content (AvgIpc) is 2.68. The van der Waals surface area contributed by atoms with Crippen LogP contribution in [0.4, 0.5) is 5.82 Å². The van der Waals surface area contributed by atoms with Crippen LogP contribution in [0, 0.1) is 11.3 Å².